The zero-order valence-corrected chi connectivity index (χ0v) is 10.0. The van der Waals surface area contributed by atoms with Crippen LogP contribution in [-0.2, 0) is 16.1 Å². The molecule has 1 rings (SSSR count). The van der Waals surface area contributed by atoms with Crippen LogP contribution in [0.5, 0.6) is 5.75 Å². The zero-order chi connectivity index (χ0) is 13.4. The average Bonchev–Trinajstić information content (AvgIpc) is 2.35. The number of rotatable bonds is 7. The number of hydrogen-bond acceptors (Lipinski definition) is 5. The Balaban J connectivity index is 2.98. The Kier molecular flexibility index (Phi) is 5.46. The summed E-state index contributed by atoms with van der Waals surface area (Å²) in [7, 11) is 1.56. The molecule has 0 spiro atoms. The third-order valence-corrected chi connectivity index (χ3v) is 2.17. The summed E-state index contributed by atoms with van der Waals surface area (Å²) in [6, 6.07) is 3.16. The molecule has 0 bridgehead atoms. The van der Waals surface area contributed by atoms with E-state index < -0.39 is 0 Å². The van der Waals surface area contributed by atoms with E-state index in [1.54, 1.807) is 13.2 Å². The molecule has 0 aromatic heterocycles. The number of carbonyl (C=O) groups is 1. The molecule has 7 nitrogen and oxygen atoms in total. The molecule has 7 heteroatoms. The van der Waals surface area contributed by atoms with Gasteiger partial charge in [-0.15, -0.1) is 0 Å². The Morgan fingerprint density at radius 1 is 1.56 bits per heavy atom. The summed E-state index contributed by atoms with van der Waals surface area (Å²) in [5.41, 5.74) is 7.01. The Bertz CT molecular complexity index is 435. The lowest BCUT2D eigenvalue weighted by Gasteiger charge is -2.12. The van der Waals surface area contributed by atoms with E-state index in [1.165, 1.54) is 6.07 Å². The van der Waals surface area contributed by atoms with Gasteiger partial charge in [-0.1, -0.05) is 0 Å². The van der Waals surface area contributed by atoms with Crippen LogP contribution in [0.15, 0.2) is 17.1 Å². The molecule has 1 aromatic carbocycles. The minimum absolute atomic E-state index is 0.0168. The summed E-state index contributed by atoms with van der Waals surface area (Å²) >= 11 is 0. The summed E-state index contributed by atoms with van der Waals surface area (Å²) in [5, 5.41) is 15.1. The molecule has 0 aliphatic rings. The maximum absolute atomic E-state index is 10.1. The number of phenolic OH excluding ortho intramolecular Hbond substituents is 1. The molecule has 5 N–H and O–H groups in total. The average molecular weight is 252 g/mol. The molecule has 0 atom stereocenters. The first-order chi connectivity index (χ1) is 8.72. The molecule has 0 fully saturated rings. The maximum atomic E-state index is 10.1. The Morgan fingerprint density at radius 3 is 2.94 bits per heavy atom. The van der Waals surface area contributed by atoms with Gasteiger partial charge in [-0.25, -0.2) is 4.99 Å². The van der Waals surface area contributed by atoms with E-state index in [2.05, 4.69) is 15.6 Å². The molecule has 18 heavy (non-hydrogen) atoms. The smallest absolute Gasteiger partial charge is 0.208 e. The highest BCUT2D eigenvalue weighted by atomic mass is 16.5. The van der Waals surface area contributed by atoms with Gasteiger partial charge in [-0.3, -0.25) is 4.79 Å². The van der Waals surface area contributed by atoms with Gasteiger partial charge in [0.05, 0.1) is 31.0 Å². The van der Waals surface area contributed by atoms with E-state index in [4.69, 9.17) is 10.5 Å². The van der Waals surface area contributed by atoms with Gasteiger partial charge in [-0.2, -0.15) is 0 Å². The van der Waals surface area contributed by atoms with Gasteiger partial charge in [0.15, 0.2) is 0 Å². The van der Waals surface area contributed by atoms with Crippen molar-refractivity contribution in [1.82, 2.24) is 5.32 Å². The van der Waals surface area contributed by atoms with Crippen molar-refractivity contribution in [3.63, 3.8) is 0 Å². The van der Waals surface area contributed by atoms with Crippen LogP contribution in [0.3, 0.4) is 0 Å². The summed E-state index contributed by atoms with van der Waals surface area (Å²) in [6.07, 6.45) is 1.71. The number of nitrogens with two attached hydrogens (primary N) is 1. The second kappa shape index (κ2) is 7.13. The highest BCUT2D eigenvalue weighted by molar-refractivity contribution is 5.69. The minimum atomic E-state index is 0.0168. The standard InChI is InChI=1S/C11H16N4O3/c1-18-4-8-2-10(15-6-13-7-16)11(17)3-9(8)14-5-12/h2-3,5,7,15,17H,4,6H2,1H3,(H2,12,14)(H,13,16). The van der Waals surface area contributed by atoms with Crippen molar-refractivity contribution in [1.29, 1.82) is 0 Å². The summed E-state index contributed by atoms with van der Waals surface area (Å²) in [6.45, 7) is 0.547. The number of nitrogens with one attached hydrogen (secondary N) is 2. The fourth-order valence-electron chi connectivity index (χ4n) is 1.42. The number of phenols is 1. The van der Waals surface area contributed by atoms with E-state index in [-0.39, 0.29) is 12.4 Å². The quantitative estimate of drug-likeness (QED) is 0.139. The van der Waals surface area contributed by atoms with Crippen LogP contribution in [0, 0.1) is 0 Å². The highest BCUT2D eigenvalue weighted by Gasteiger charge is 2.08. The van der Waals surface area contributed by atoms with Crippen molar-refractivity contribution in [3.05, 3.63) is 17.7 Å². The van der Waals surface area contributed by atoms with Crippen LogP contribution in [0.25, 0.3) is 0 Å². The number of hydrogen-bond donors (Lipinski definition) is 4. The Labute approximate surface area is 105 Å². The largest absolute Gasteiger partial charge is 0.506 e. The molecular weight excluding hydrogens is 236 g/mol. The first kappa shape index (κ1) is 13.8. The van der Waals surface area contributed by atoms with E-state index in [9.17, 15) is 9.90 Å². The molecule has 1 aromatic rings. The molecule has 0 radical (unpaired) electrons. The first-order valence-corrected chi connectivity index (χ1v) is 5.23. The van der Waals surface area contributed by atoms with Crippen molar-refractivity contribution in [2.24, 2.45) is 10.7 Å². The number of carbonyl (C=O) groups excluding carboxylic acids is 1. The summed E-state index contributed by atoms with van der Waals surface area (Å²) in [4.78, 5) is 14.1. The summed E-state index contributed by atoms with van der Waals surface area (Å²) < 4.78 is 5.04. The lowest BCUT2D eigenvalue weighted by Crippen LogP contribution is -2.19. The third kappa shape index (κ3) is 3.63. The van der Waals surface area contributed by atoms with Crippen LogP contribution in [0.2, 0.25) is 0 Å². The van der Waals surface area contributed by atoms with Crippen molar-refractivity contribution in [3.8, 4) is 5.75 Å². The predicted octanol–water partition coefficient (Wildman–Crippen LogP) is 0.272. The third-order valence-electron chi connectivity index (χ3n) is 2.17. The molecule has 0 heterocycles. The van der Waals surface area contributed by atoms with E-state index >= 15 is 0 Å². The van der Waals surface area contributed by atoms with E-state index in [0.29, 0.717) is 24.4 Å². The van der Waals surface area contributed by atoms with E-state index in [0.717, 1.165) is 11.9 Å². The lowest BCUT2D eigenvalue weighted by molar-refractivity contribution is -0.109. The van der Waals surface area contributed by atoms with Gasteiger partial charge in [0.1, 0.15) is 5.75 Å². The van der Waals surface area contributed by atoms with Crippen molar-refractivity contribution >= 4 is 24.1 Å². The number of aliphatic imine (C=N–C) groups is 1. The first-order valence-electron chi connectivity index (χ1n) is 5.23. The second-order valence-electron chi connectivity index (χ2n) is 3.38. The van der Waals surface area contributed by atoms with Gasteiger partial charge >= 0.3 is 0 Å². The SMILES string of the molecule is COCc1cc(NCNC=O)c(O)cc1N=CN. The van der Waals surface area contributed by atoms with Gasteiger partial charge in [-0.05, 0) is 6.07 Å². The van der Waals surface area contributed by atoms with Gasteiger partial charge < -0.3 is 26.2 Å². The van der Waals surface area contributed by atoms with Crippen molar-refractivity contribution in [2.75, 3.05) is 19.1 Å². The fourth-order valence-corrected chi connectivity index (χ4v) is 1.42. The predicted molar refractivity (Wildman–Crippen MR) is 68.8 cm³/mol. The Hall–Kier alpha value is -2.28. The molecule has 0 saturated heterocycles. The van der Waals surface area contributed by atoms with Gasteiger partial charge in [0.2, 0.25) is 6.41 Å². The monoisotopic (exact) mass is 252 g/mol. The van der Waals surface area contributed by atoms with E-state index in [1.807, 2.05) is 0 Å². The molecule has 0 unspecified atom stereocenters. The van der Waals surface area contributed by atoms with Crippen LogP contribution < -0.4 is 16.4 Å². The molecule has 0 saturated carbocycles. The number of methoxy groups -OCH3 is 1. The number of amides is 1. The second-order valence-corrected chi connectivity index (χ2v) is 3.38. The molecule has 1 amide bonds. The lowest BCUT2D eigenvalue weighted by atomic mass is 10.1. The minimum Gasteiger partial charge on any atom is -0.506 e. The van der Waals surface area contributed by atoms with Crippen LogP contribution >= 0.6 is 0 Å². The van der Waals surface area contributed by atoms with Gasteiger partial charge in [0.25, 0.3) is 0 Å². The zero-order valence-electron chi connectivity index (χ0n) is 10.0. The Morgan fingerprint density at radius 2 is 2.33 bits per heavy atom. The topological polar surface area (TPSA) is 109 Å². The van der Waals surface area contributed by atoms with Crippen molar-refractivity contribution in [2.45, 2.75) is 6.61 Å². The molecule has 0 aliphatic carbocycles. The maximum Gasteiger partial charge on any atom is 0.208 e. The van der Waals surface area contributed by atoms with Gasteiger partial charge in [0, 0.05) is 18.7 Å². The molecule has 98 valence electrons. The number of anilines is 1. The molecule has 0 aliphatic heterocycles. The van der Waals surface area contributed by atoms with Crippen molar-refractivity contribution < 1.29 is 14.6 Å². The van der Waals surface area contributed by atoms with Crippen LogP contribution in [-0.4, -0.2) is 31.6 Å². The number of benzene rings is 1. The number of nitrogens with zero attached hydrogens (tertiary/aromatic N) is 1. The number of ether oxygens (including phenoxy) is 1. The molecular formula is C11H16N4O3. The normalized spacial score (nSPS) is 10.5. The summed E-state index contributed by atoms with van der Waals surface area (Å²) in [5.74, 6) is 0.0168. The fraction of sp³-hybridized carbons (Fsp3) is 0.273. The highest BCUT2D eigenvalue weighted by Crippen LogP contribution is 2.32. The van der Waals surface area contributed by atoms with Crippen LogP contribution in [0.1, 0.15) is 5.56 Å². The number of aromatic hydroxyl groups is 1. The van der Waals surface area contributed by atoms with Crippen LogP contribution in [0.4, 0.5) is 11.4 Å².